The van der Waals surface area contributed by atoms with Crippen molar-refractivity contribution in [2.45, 2.75) is 24.5 Å². The Morgan fingerprint density at radius 2 is 2.29 bits per heavy atom. The van der Waals surface area contributed by atoms with Gasteiger partial charge in [-0.15, -0.1) is 0 Å². The molecule has 0 spiro atoms. The lowest BCUT2D eigenvalue weighted by atomic mass is 9.91. The van der Waals surface area contributed by atoms with Crippen molar-refractivity contribution in [1.82, 2.24) is 5.32 Å². The van der Waals surface area contributed by atoms with E-state index in [1.807, 2.05) is 24.3 Å². The number of fused-ring (bicyclic) bond motifs is 2. The molecule has 0 amide bonds. The van der Waals surface area contributed by atoms with Gasteiger partial charge >= 0.3 is 0 Å². The normalized spacial score (nSPS) is 30.2. The molecule has 1 N–H and O–H groups in total. The highest BCUT2D eigenvalue weighted by molar-refractivity contribution is 5.39. The highest BCUT2D eigenvalue weighted by atomic mass is 16.5. The Hall–Kier alpha value is -1.55. The zero-order valence-corrected chi connectivity index (χ0v) is 9.47. The number of morpholine rings is 1. The molecule has 5 nitrogen and oxygen atoms in total. The topological polar surface area (TPSA) is 70.0 Å². The van der Waals surface area contributed by atoms with Crippen LogP contribution in [0.2, 0.25) is 0 Å². The molecule has 1 aromatic carbocycles. The predicted molar refractivity (Wildman–Crippen MR) is 64.0 cm³/mol. The average Bonchev–Trinajstić information content (AvgIpc) is 2.92. The van der Waals surface area contributed by atoms with E-state index in [1.165, 1.54) is 5.56 Å². The van der Waals surface area contributed by atoms with Crippen LogP contribution in [0.1, 0.15) is 12.0 Å². The predicted octanol–water partition coefficient (Wildman–Crippen LogP) is 2.30. The Morgan fingerprint density at radius 3 is 2.82 bits per heavy atom. The summed E-state index contributed by atoms with van der Waals surface area (Å²) in [6.45, 7) is 1.77. The Labute approximate surface area is 99.4 Å². The standard InChI is InChI=1S/C12H14N4O/c13-16-15-10-3-1-9(2-4-10)5-12-6-11(7-14-12)17-8-12/h1-4,11,14H,5-8H2/t11-,12-/m0/s1. The molecule has 2 atom stereocenters. The SMILES string of the molecule is [N-]=[N+]=Nc1ccc(C[C@]23CO[C@H](CN2)C3)cc1. The largest absolute Gasteiger partial charge is 0.375 e. The molecular weight excluding hydrogens is 216 g/mol. The summed E-state index contributed by atoms with van der Waals surface area (Å²) in [6.07, 6.45) is 2.47. The Bertz CT molecular complexity index is 456. The van der Waals surface area contributed by atoms with Gasteiger partial charge in [0.25, 0.3) is 0 Å². The highest BCUT2D eigenvalue weighted by Gasteiger charge is 2.45. The zero-order chi connectivity index (χ0) is 11.7. The van der Waals surface area contributed by atoms with Gasteiger partial charge in [0.2, 0.25) is 0 Å². The number of hydrogen-bond donors (Lipinski definition) is 1. The van der Waals surface area contributed by atoms with Crippen LogP contribution >= 0.6 is 0 Å². The quantitative estimate of drug-likeness (QED) is 0.491. The van der Waals surface area contributed by atoms with Crippen molar-refractivity contribution in [2.75, 3.05) is 13.2 Å². The Kier molecular flexibility index (Phi) is 2.52. The van der Waals surface area contributed by atoms with Crippen LogP contribution in [0.4, 0.5) is 5.69 Å². The van der Waals surface area contributed by atoms with Crippen LogP contribution in [0.3, 0.4) is 0 Å². The van der Waals surface area contributed by atoms with Gasteiger partial charge in [0.1, 0.15) is 0 Å². The molecule has 2 saturated heterocycles. The summed E-state index contributed by atoms with van der Waals surface area (Å²) in [7, 11) is 0. The maximum atomic E-state index is 8.34. The first-order valence-electron chi connectivity index (χ1n) is 5.80. The molecule has 3 rings (SSSR count). The van der Waals surface area contributed by atoms with Crippen LogP contribution in [0.5, 0.6) is 0 Å². The van der Waals surface area contributed by atoms with Crippen molar-refractivity contribution < 1.29 is 4.74 Å². The molecule has 17 heavy (non-hydrogen) atoms. The number of rotatable bonds is 3. The lowest BCUT2D eigenvalue weighted by Gasteiger charge is -2.27. The van der Waals surface area contributed by atoms with Crippen molar-refractivity contribution >= 4 is 5.69 Å². The maximum absolute atomic E-state index is 8.34. The first-order valence-corrected chi connectivity index (χ1v) is 5.80. The fourth-order valence-corrected chi connectivity index (χ4v) is 2.72. The van der Waals surface area contributed by atoms with E-state index in [1.54, 1.807) is 0 Å². The van der Waals surface area contributed by atoms with Crippen molar-refractivity contribution in [3.63, 3.8) is 0 Å². The summed E-state index contributed by atoms with van der Waals surface area (Å²) < 4.78 is 5.66. The Balaban J connectivity index is 1.74. The molecule has 5 heteroatoms. The van der Waals surface area contributed by atoms with E-state index in [0.717, 1.165) is 26.0 Å². The molecule has 2 bridgehead atoms. The third-order valence-electron chi connectivity index (χ3n) is 3.56. The van der Waals surface area contributed by atoms with E-state index in [4.69, 9.17) is 10.3 Å². The summed E-state index contributed by atoms with van der Waals surface area (Å²) in [6, 6.07) is 7.75. The number of azide groups is 1. The van der Waals surface area contributed by atoms with Crippen LogP contribution in [0.15, 0.2) is 29.4 Å². The zero-order valence-electron chi connectivity index (χ0n) is 9.47. The first-order chi connectivity index (χ1) is 8.30. The summed E-state index contributed by atoms with van der Waals surface area (Å²) in [5.74, 6) is 0. The minimum absolute atomic E-state index is 0.130. The number of nitrogens with one attached hydrogen (secondary N) is 1. The van der Waals surface area contributed by atoms with Gasteiger partial charge < -0.3 is 10.1 Å². The van der Waals surface area contributed by atoms with E-state index in [0.29, 0.717) is 11.8 Å². The number of nitrogens with zero attached hydrogens (tertiary/aromatic N) is 3. The number of hydrogen-bond acceptors (Lipinski definition) is 3. The highest BCUT2D eigenvalue weighted by Crippen LogP contribution is 2.33. The molecule has 0 radical (unpaired) electrons. The molecule has 88 valence electrons. The average molecular weight is 230 g/mol. The molecule has 2 aliphatic rings. The van der Waals surface area contributed by atoms with E-state index in [2.05, 4.69) is 15.3 Å². The fraction of sp³-hybridized carbons (Fsp3) is 0.500. The smallest absolute Gasteiger partial charge is 0.0719 e. The second-order valence-corrected chi connectivity index (χ2v) is 4.83. The van der Waals surface area contributed by atoms with Gasteiger partial charge in [0, 0.05) is 22.7 Å². The molecule has 2 aliphatic heterocycles. The van der Waals surface area contributed by atoms with E-state index in [9.17, 15) is 0 Å². The first kappa shape index (κ1) is 10.6. The lowest BCUT2D eigenvalue weighted by Crippen LogP contribution is -2.46. The Morgan fingerprint density at radius 1 is 1.47 bits per heavy atom. The van der Waals surface area contributed by atoms with Gasteiger partial charge in [-0.2, -0.15) is 0 Å². The second-order valence-electron chi connectivity index (χ2n) is 4.83. The van der Waals surface area contributed by atoms with Gasteiger partial charge in [0.05, 0.1) is 12.7 Å². The molecule has 2 heterocycles. The molecule has 0 aliphatic carbocycles. The van der Waals surface area contributed by atoms with Gasteiger partial charge in [-0.1, -0.05) is 29.4 Å². The van der Waals surface area contributed by atoms with Crippen LogP contribution in [0, 0.1) is 0 Å². The van der Waals surface area contributed by atoms with Crippen LogP contribution in [-0.4, -0.2) is 24.8 Å². The lowest BCUT2D eigenvalue weighted by molar-refractivity contribution is 0.0700. The van der Waals surface area contributed by atoms with Crippen molar-refractivity contribution in [3.8, 4) is 0 Å². The van der Waals surface area contributed by atoms with Crippen LogP contribution in [0.25, 0.3) is 10.4 Å². The van der Waals surface area contributed by atoms with Crippen molar-refractivity contribution in [2.24, 2.45) is 5.11 Å². The van der Waals surface area contributed by atoms with Crippen molar-refractivity contribution in [3.05, 3.63) is 40.3 Å². The minimum Gasteiger partial charge on any atom is -0.375 e. The minimum atomic E-state index is 0.130. The molecular formula is C12H14N4O. The third kappa shape index (κ3) is 2.00. The van der Waals surface area contributed by atoms with Crippen LogP contribution in [-0.2, 0) is 11.2 Å². The van der Waals surface area contributed by atoms with Gasteiger partial charge in [0.15, 0.2) is 0 Å². The summed E-state index contributed by atoms with van der Waals surface area (Å²) >= 11 is 0. The molecule has 0 unspecified atom stereocenters. The van der Waals surface area contributed by atoms with E-state index >= 15 is 0 Å². The molecule has 2 fully saturated rings. The monoisotopic (exact) mass is 230 g/mol. The second kappa shape index (κ2) is 4.04. The number of ether oxygens (including phenoxy) is 1. The van der Waals surface area contributed by atoms with Crippen LogP contribution < -0.4 is 5.32 Å². The maximum Gasteiger partial charge on any atom is 0.0719 e. The summed E-state index contributed by atoms with van der Waals surface area (Å²) in [4.78, 5) is 2.77. The molecule has 0 aromatic heterocycles. The molecule has 1 aromatic rings. The van der Waals surface area contributed by atoms with Gasteiger partial charge in [-0.05, 0) is 23.9 Å². The molecule has 0 saturated carbocycles. The van der Waals surface area contributed by atoms with E-state index in [-0.39, 0.29) is 5.54 Å². The third-order valence-corrected chi connectivity index (χ3v) is 3.56. The number of benzene rings is 1. The van der Waals surface area contributed by atoms with Gasteiger partial charge in [-0.25, -0.2) is 0 Å². The van der Waals surface area contributed by atoms with Gasteiger partial charge in [-0.3, -0.25) is 0 Å². The summed E-state index contributed by atoms with van der Waals surface area (Å²) in [5, 5.41) is 7.12. The van der Waals surface area contributed by atoms with E-state index < -0.39 is 0 Å². The fourth-order valence-electron chi connectivity index (χ4n) is 2.72. The summed E-state index contributed by atoms with van der Waals surface area (Å²) in [5.41, 5.74) is 10.4. The van der Waals surface area contributed by atoms with Crippen molar-refractivity contribution in [1.29, 1.82) is 0 Å².